The van der Waals surface area contributed by atoms with Crippen LogP contribution < -0.4 is 10.2 Å². The van der Waals surface area contributed by atoms with Gasteiger partial charge in [0.15, 0.2) is 0 Å². The average molecular weight is 265 g/mol. The number of hydrazone groups is 1. The number of ether oxygens (including phenoxy) is 2. The largest absolute Gasteiger partial charge is 0.493 e. The van der Waals surface area contributed by atoms with E-state index in [1.807, 2.05) is 13.8 Å². The maximum atomic E-state index is 10.8. The highest BCUT2D eigenvalue weighted by Crippen LogP contribution is 2.29. The molecule has 1 N–H and O–H groups in total. The van der Waals surface area contributed by atoms with Gasteiger partial charge in [0.25, 0.3) is 0 Å². The molecule has 0 aromatic heterocycles. The van der Waals surface area contributed by atoms with Gasteiger partial charge in [-0.2, -0.15) is 5.10 Å². The summed E-state index contributed by atoms with van der Waals surface area (Å²) >= 11 is 0. The lowest BCUT2D eigenvalue weighted by atomic mass is 10.2. The Hall–Kier alpha value is -1.95. The van der Waals surface area contributed by atoms with Crippen molar-refractivity contribution in [1.29, 1.82) is 0 Å². The first-order chi connectivity index (χ1) is 9.17. The van der Waals surface area contributed by atoms with Crippen LogP contribution >= 0.6 is 0 Å². The van der Waals surface area contributed by atoms with Crippen molar-refractivity contribution in [2.45, 2.75) is 20.3 Å². The summed E-state index contributed by atoms with van der Waals surface area (Å²) in [5, 5.41) is 7.00. The molecule has 1 aromatic carbocycles. The van der Waals surface area contributed by atoms with E-state index < -0.39 is 0 Å². The summed E-state index contributed by atoms with van der Waals surface area (Å²) < 4.78 is 10.4. The van der Waals surface area contributed by atoms with Crippen molar-refractivity contribution in [2.75, 3.05) is 25.7 Å². The monoisotopic (exact) mass is 265 g/mol. The highest BCUT2D eigenvalue weighted by molar-refractivity contribution is 5.80. The summed E-state index contributed by atoms with van der Waals surface area (Å²) in [4.78, 5) is 10.8. The highest BCUT2D eigenvalue weighted by atomic mass is 16.5. The Bertz CT molecular complexity index is 443. The van der Waals surface area contributed by atoms with Crippen LogP contribution in [0.1, 0.15) is 20.3 Å². The molecule has 0 heterocycles. The van der Waals surface area contributed by atoms with Gasteiger partial charge in [0, 0.05) is 31.9 Å². The molecule has 0 spiro atoms. The van der Waals surface area contributed by atoms with Crippen molar-refractivity contribution in [2.24, 2.45) is 10.3 Å². The first kappa shape index (κ1) is 15.1. The molecule has 0 aliphatic heterocycles. The molecule has 0 saturated heterocycles. The van der Waals surface area contributed by atoms with Crippen molar-refractivity contribution in [3.63, 3.8) is 0 Å². The Morgan fingerprint density at radius 3 is 2.74 bits per heavy atom. The van der Waals surface area contributed by atoms with Crippen LogP contribution in [0.5, 0.6) is 5.75 Å². The topological polar surface area (TPSA) is 72.3 Å². The summed E-state index contributed by atoms with van der Waals surface area (Å²) in [6, 6.07) is 5.07. The predicted octanol–water partition coefficient (Wildman–Crippen LogP) is 3.31. The van der Waals surface area contributed by atoms with Gasteiger partial charge >= 0.3 is 0 Å². The molecule has 0 radical (unpaired) electrons. The number of nitroso groups, excluding NO2 is 1. The number of benzene rings is 1. The number of rotatable bonds is 8. The molecular weight excluding hydrogens is 246 g/mol. The van der Waals surface area contributed by atoms with E-state index in [1.165, 1.54) is 0 Å². The minimum Gasteiger partial charge on any atom is -0.493 e. The van der Waals surface area contributed by atoms with E-state index in [9.17, 15) is 4.91 Å². The zero-order chi connectivity index (χ0) is 14.1. The Kier molecular flexibility index (Phi) is 6.52. The fraction of sp³-hybridized carbons (Fsp3) is 0.462. The molecule has 0 fully saturated rings. The molecule has 6 heteroatoms. The van der Waals surface area contributed by atoms with Crippen LogP contribution in [-0.4, -0.2) is 26.0 Å². The van der Waals surface area contributed by atoms with E-state index in [-0.39, 0.29) is 5.69 Å². The third-order valence-corrected chi connectivity index (χ3v) is 2.23. The first-order valence-electron chi connectivity index (χ1n) is 6.03. The maximum absolute atomic E-state index is 10.8. The lowest BCUT2D eigenvalue weighted by Gasteiger charge is -2.08. The normalized spacial score (nSPS) is 9.84. The van der Waals surface area contributed by atoms with Crippen LogP contribution in [0.3, 0.4) is 0 Å². The fourth-order valence-electron chi connectivity index (χ4n) is 1.34. The average Bonchev–Trinajstić information content (AvgIpc) is 2.41. The Balaban J connectivity index is 2.67. The van der Waals surface area contributed by atoms with E-state index in [1.54, 1.807) is 25.3 Å². The van der Waals surface area contributed by atoms with Gasteiger partial charge in [-0.15, -0.1) is 4.91 Å². The first-order valence-corrected chi connectivity index (χ1v) is 6.03. The third-order valence-electron chi connectivity index (χ3n) is 2.23. The van der Waals surface area contributed by atoms with Crippen LogP contribution in [0.2, 0.25) is 0 Å². The second-order valence-corrected chi connectivity index (χ2v) is 4.14. The Labute approximate surface area is 112 Å². The molecule has 0 unspecified atom stereocenters. The van der Waals surface area contributed by atoms with E-state index in [0.717, 1.165) is 12.1 Å². The number of nitrogens with zero attached hydrogens (tertiary/aromatic N) is 2. The molecule has 0 bridgehead atoms. The molecule has 1 rings (SSSR count). The van der Waals surface area contributed by atoms with Crippen LogP contribution in [0.15, 0.2) is 28.5 Å². The summed E-state index contributed by atoms with van der Waals surface area (Å²) in [6.07, 6.45) is 0.791. The smallest absolute Gasteiger partial charge is 0.136 e. The molecule has 0 aliphatic rings. The molecule has 0 amide bonds. The zero-order valence-electron chi connectivity index (χ0n) is 11.5. The minimum absolute atomic E-state index is 0.272. The van der Waals surface area contributed by atoms with Gasteiger partial charge in [-0.1, -0.05) is 0 Å². The van der Waals surface area contributed by atoms with Gasteiger partial charge in [-0.05, 0) is 31.2 Å². The van der Waals surface area contributed by atoms with E-state index >= 15 is 0 Å². The molecule has 104 valence electrons. The number of hydrogen-bond acceptors (Lipinski definition) is 6. The summed E-state index contributed by atoms with van der Waals surface area (Å²) in [5.74, 6) is 0.605. The predicted molar refractivity (Wildman–Crippen MR) is 76.3 cm³/mol. The van der Waals surface area contributed by atoms with Gasteiger partial charge in [0.1, 0.15) is 11.4 Å². The number of nitrogens with one attached hydrogen (secondary N) is 1. The van der Waals surface area contributed by atoms with Gasteiger partial charge in [-0.3, -0.25) is 5.43 Å². The fourth-order valence-corrected chi connectivity index (χ4v) is 1.34. The molecule has 0 atom stereocenters. The molecule has 19 heavy (non-hydrogen) atoms. The molecule has 1 aromatic rings. The molecule has 6 nitrogen and oxygen atoms in total. The zero-order valence-corrected chi connectivity index (χ0v) is 11.5. The summed E-state index contributed by atoms with van der Waals surface area (Å²) in [7, 11) is 1.64. The standard InChI is InChI=1S/C13H19N3O3/c1-10(2)14-15-12-6-5-11(9-13(12)16-17)19-8-4-7-18-3/h5-6,9,15H,4,7-8H2,1-3H3. The highest BCUT2D eigenvalue weighted by Gasteiger charge is 2.05. The second kappa shape index (κ2) is 8.20. The lowest BCUT2D eigenvalue weighted by Crippen LogP contribution is -2.01. The van der Waals surface area contributed by atoms with Crippen LogP contribution in [0.4, 0.5) is 11.4 Å². The van der Waals surface area contributed by atoms with Gasteiger partial charge in [-0.25, -0.2) is 0 Å². The van der Waals surface area contributed by atoms with E-state index in [0.29, 0.717) is 24.7 Å². The second-order valence-electron chi connectivity index (χ2n) is 4.14. The van der Waals surface area contributed by atoms with Crippen LogP contribution in [0, 0.1) is 4.91 Å². The van der Waals surface area contributed by atoms with Crippen molar-refractivity contribution in [3.05, 3.63) is 23.1 Å². The van der Waals surface area contributed by atoms with Crippen molar-refractivity contribution in [1.82, 2.24) is 0 Å². The summed E-state index contributed by atoms with van der Waals surface area (Å²) in [5.41, 5.74) is 4.47. The van der Waals surface area contributed by atoms with Crippen molar-refractivity contribution in [3.8, 4) is 5.75 Å². The summed E-state index contributed by atoms with van der Waals surface area (Å²) in [6.45, 7) is 4.89. The lowest BCUT2D eigenvalue weighted by molar-refractivity contribution is 0.172. The molecule has 0 saturated carbocycles. The van der Waals surface area contributed by atoms with Gasteiger partial charge in [0.2, 0.25) is 0 Å². The van der Waals surface area contributed by atoms with Gasteiger partial charge in [0.05, 0.1) is 12.3 Å². The minimum atomic E-state index is 0.272. The van der Waals surface area contributed by atoms with Crippen molar-refractivity contribution >= 4 is 17.1 Å². The Morgan fingerprint density at radius 1 is 1.32 bits per heavy atom. The maximum Gasteiger partial charge on any atom is 0.136 e. The quantitative estimate of drug-likeness (QED) is 0.339. The molecular formula is C13H19N3O3. The van der Waals surface area contributed by atoms with E-state index in [2.05, 4.69) is 15.7 Å². The SMILES string of the molecule is COCCCOc1ccc(NN=C(C)C)c(N=O)c1. The van der Waals surface area contributed by atoms with Crippen LogP contribution in [-0.2, 0) is 4.74 Å². The van der Waals surface area contributed by atoms with Gasteiger partial charge < -0.3 is 9.47 Å². The third kappa shape index (κ3) is 5.48. The number of methoxy groups -OCH3 is 1. The van der Waals surface area contributed by atoms with Crippen LogP contribution in [0.25, 0.3) is 0 Å². The number of hydrogen-bond donors (Lipinski definition) is 1. The Morgan fingerprint density at radius 2 is 2.11 bits per heavy atom. The van der Waals surface area contributed by atoms with Crippen molar-refractivity contribution < 1.29 is 9.47 Å². The molecule has 0 aliphatic carbocycles. The number of anilines is 1. The van der Waals surface area contributed by atoms with E-state index in [4.69, 9.17) is 9.47 Å².